The van der Waals surface area contributed by atoms with Crippen LogP contribution >= 0.6 is 0 Å². The molecule has 0 radical (unpaired) electrons. The van der Waals surface area contributed by atoms with E-state index in [1.807, 2.05) is 13.8 Å². The molecule has 0 aliphatic rings. The van der Waals surface area contributed by atoms with Crippen molar-refractivity contribution >= 4 is 0 Å². The van der Waals surface area contributed by atoms with Gasteiger partial charge < -0.3 is 5.11 Å². The first kappa shape index (κ1) is 15.0. The highest BCUT2D eigenvalue weighted by Crippen LogP contribution is 2.17. The number of aliphatic hydroxyl groups excluding tert-OH is 1. The van der Waals surface area contributed by atoms with Crippen molar-refractivity contribution < 1.29 is 18.3 Å². The Morgan fingerprint density at radius 3 is 2.56 bits per heavy atom. The van der Waals surface area contributed by atoms with E-state index in [2.05, 4.69) is 5.10 Å². The molecule has 0 fully saturated rings. The number of aliphatic hydroxyl groups is 1. The summed E-state index contributed by atoms with van der Waals surface area (Å²) in [6.45, 7) is 2.60. The number of hydrogen-bond donors (Lipinski definition) is 1. The highest BCUT2D eigenvalue weighted by atomic mass is 19.4. The van der Waals surface area contributed by atoms with E-state index in [4.69, 9.17) is 5.11 Å². The fourth-order valence-corrected chi connectivity index (χ4v) is 1.59. The smallest absolute Gasteiger partial charge is 0.395 e. The van der Waals surface area contributed by atoms with E-state index in [0.29, 0.717) is 5.69 Å². The molecular formula is C11H18F3N3O. The summed E-state index contributed by atoms with van der Waals surface area (Å²) in [6, 6.07) is 1.87. The summed E-state index contributed by atoms with van der Waals surface area (Å²) in [5.74, 6) is 0. The summed E-state index contributed by atoms with van der Waals surface area (Å²) in [4.78, 5) is 1.13. The normalized spacial score (nSPS) is 12.7. The molecule has 1 rings (SSSR count). The average Bonchev–Trinajstić information content (AvgIpc) is 2.64. The van der Waals surface area contributed by atoms with Crippen LogP contribution in [0.15, 0.2) is 12.3 Å². The topological polar surface area (TPSA) is 41.3 Å². The van der Waals surface area contributed by atoms with Crippen molar-refractivity contribution in [1.82, 2.24) is 14.7 Å². The molecule has 18 heavy (non-hydrogen) atoms. The molecule has 0 saturated carbocycles. The van der Waals surface area contributed by atoms with Crippen LogP contribution < -0.4 is 0 Å². The van der Waals surface area contributed by atoms with Crippen molar-refractivity contribution in [2.75, 3.05) is 19.7 Å². The second-order valence-corrected chi connectivity index (χ2v) is 4.43. The Bertz CT molecular complexity index is 363. The van der Waals surface area contributed by atoms with Crippen LogP contribution in [-0.2, 0) is 6.54 Å². The molecule has 4 nitrogen and oxygen atoms in total. The first-order chi connectivity index (χ1) is 8.31. The summed E-state index contributed by atoms with van der Waals surface area (Å²) in [7, 11) is 0. The standard InChI is InChI=1S/C11H18F3N3O/c1-9(2)17-4-3-10(15-17)7-16(5-6-18)8-11(12,13)14/h3-4,9,18H,5-8H2,1-2H3. The van der Waals surface area contributed by atoms with Gasteiger partial charge in [0.2, 0.25) is 0 Å². The maximum absolute atomic E-state index is 12.3. The lowest BCUT2D eigenvalue weighted by Gasteiger charge is -2.21. The van der Waals surface area contributed by atoms with Crippen molar-refractivity contribution in [3.8, 4) is 0 Å². The second-order valence-electron chi connectivity index (χ2n) is 4.43. The Hall–Kier alpha value is -1.08. The molecular weight excluding hydrogens is 247 g/mol. The SMILES string of the molecule is CC(C)n1ccc(CN(CCO)CC(F)(F)F)n1. The third kappa shape index (κ3) is 5.05. The predicted molar refractivity (Wildman–Crippen MR) is 61.0 cm³/mol. The Labute approximate surface area is 104 Å². The average molecular weight is 265 g/mol. The van der Waals surface area contributed by atoms with Gasteiger partial charge in [-0.1, -0.05) is 0 Å². The van der Waals surface area contributed by atoms with Gasteiger partial charge in [-0.2, -0.15) is 18.3 Å². The molecule has 0 aromatic carbocycles. The largest absolute Gasteiger partial charge is 0.401 e. The molecule has 7 heteroatoms. The fourth-order valence-electron chi connectivity index (χ4n) is 1.59. The number of nitrogens with zero attached hydrogens (tertiary/aromatic N) is 3. The maximum atomic E-state index is 12.3. The van der Waals surface area contributed by atoms with Crippen LogP contribution in [0.25, 0.3) is 0 Å². The Morgan fingerprint density at radius 2 is 2.11 bits per heavy atom. The molecule has 0 amide bonds. The summed E-state index contributed by atoms with van der Waals surface area (Å²) in [5, 5.41) is 13.0. The van der Waals surface area contributed by atoms with Gasteiger partial charge in [0.05, 0.1) is 18.8 Å². The van der Waals surface area contributed by atoms with E-state index in [-0.39, 0.29) is 25.7 Å². The molecule has 0 saturated heterocycles. The first-order valence-corrected chi connectivity index (χ1v) is 5.76. The number of aromatic nitrogens is 2. The Kier molecular flexibility index (Phi) is 5.15. The van der Waals surface area contributed by atoms with E-state index in [1.165, 1.54) is 0 Å². The molecule has 0 bridgehead atoms. The zero-order chi connectivity index (χ0) is 13.8. The summed E-state index contributed by atoms with van der Waals surface area (Å²) < 4.78 is 38.6. The highest BCUT2D eigenvalue weighted by Gasteiger charge is 2.30. The summed E-state index contributed by atoms with van der Waals surface area (Å²) in [5.41, 5.74) is 0.571. The van der Waals surface area contributed by atoms with Crippen LogP contribution in [0, 0.1) is 0 Å². The lowest BCUT2D eigenvalue weighted by Crippen LogP contribution is -2.35. The van der Waals surface area contributed by atoms with Gasteiger partial charge in [-0.25, -0.2) is 0 Å². The van der Waals surface area contributed by atoms with Gasteiger partial charge in [0, 0.05) is 25.3 Å². The molecule has 0 spiro atoms. The second kappa shape index (κ2) is 6.19. The van der Waals surface area contributed by atoms with E-state index in [1.54, 1.807) is 16.9 Å². The van der Waals surface area contributed by atoms with Crippen molar-refractivity contribution in [2.24, 2.45) is 0 Å². The number of rotatable bonds is 6. The zero-order valence-electron chi connectivity index (χ0n) is 10.5. The van der Waals surface area contributed by atoms with E-state index < -0.39 is 12.7 Å². The molecule has 1 N–H and O–H groups in total. The van der Waals surface area contributed by atoms with Crippen molar-refractivity contribution in [2.45, 2.75) is 32.6 Å². The quantitative estimate of drug-likeness (QED) is 0.853. The predicted octanol–water partition coefficient (Wildman–Crippen LogP) is 1.82. The van der Waals surface area contributed by atoms with Gasteiger partial charge in [-0.3, -0.25) is 9.58 Å². The zero-order valence-corrected chi connectivity index (χ0v) is 10.5. The first-order valence-electron chi connectivity index (χ1n) is 5.76. The molecule has 0 unspecified atom stereocenters. The minimum atomic E-state index is -4.27. The lowest BCUT2D eigenvalue weighted by atomic mass is 10.3. The molecule has 0 aliphatic carbocycles. The molecule has 1 heterocycles. The van der Waals surface area contributed by atoms with Gasteiger partial charge in [0.15, 0.2) is 0 Å². The monoisotopic (exact) mass is 265 g/mol. The maximum Gasteiger partial charge on any atom is 0.401 e. The molecule has 1 aromatic heterocycles. The Balaban J connectivity index is 2.64. The van der Waals surface area contributed by atoms with E-state index in [0.717, 1.165) is 4.90 Å². The van der Waals surface area contributed by atoms with E-state index >= 15 is 0 Å². The van der Waals surface area contributed by atoms with Gasteiger partial charge in [-0.15, -0.1) is 0 Å². The fraction of sp³-hybridized carbons (Fsp3) is 0.727. The van der Waals surface area contributed by atoms with Crippen LogP contribution in [-0.4, -0.2) is 45.7 Å². The molecule has 0 atom stereocenters. The van der Waals surface area contributed by atoms with Gasteiger partial charge in [0.25, 0.3) is 0 Å². The number of hydrogen-bond acceptors (Lipinski definition) is 3. The highest BCUT2D eigenvalue weighted by molar-refractivity contribution is 4.99. The number of halogens is 3. The van der Waals surface area contributed by atoms with Crippen LogP contribution in [0.2, 0.25) is 0 Å². The number of alkyl halides is 3. The minimum Gasteiger partial charge on any atom is -0.395 e. The van der Waals surface area contributed by atoms with Crippen molar-refractivity contribution in [3.63, 3.8) is 0 Å². The van der Waals surface area contributed by atoms with Gasteiger partial charge in [0.1, 0.15) is 0 Å². The molecule has 104 valence electrons. The van der Waals surface area contributed by atoms with Crippen LogP contribution in [0.4, 0.5) is 13.2 Å². The van der Waals surface area contributed by atoms with Gasteiger partial charge >= 0.3 is 6.18 Å². The third-order valence-electron chi connectivity index (χ3n) is 2.40. The van der Waals surface area contributed by atoms with E-state index in [9.17, 15) is 13.2 Å². The molecule has 1 aromatic rings. The van der Waals surface area contributed by atoms with Gasteiger partial charge in [-0.05, 0) is 19.9 Å². The summed E-state index contributed by atoms with van der Waals surface area (Å²) in [6.07, 6.45) is -2.53. The lowest BCUT2D eigenvalue weighted by molar-refractivity contribution is -0.148. The minimum absolute atomic E-state index is 0.0198. The van der Waals surface area contributed by atoms with Crippen LogP contribution in [0.5, 0.6) is 0 Å². The Morgan fingerprint density at radius 1 is 1.44 bits per heavy atom. The third-order valence-corrected chi connectivity index (χ3v) is 2.40. The van der Waals surface area contributed by atoms with Crippen molar-refractivity contribution in [3.05, 3.63) is 18.0 Å². The van der Waals surface area contributed by atoms with Crippen molar-refractivity contribution in [1.29, 1.82) is 0 Å². The molecule has 0 aliphatic heterocycles. The van der Waals surface area contributed by atoms with Crippen LogP contribution in [0.1, 0.15) is 25.6 Å². The van der Waals surface area contributed by atoms with Crippen LogP contribution in [0.3, 0.4) is 0 Å². The summed E-state index contributed by atoms with van der Waals surface area (Å²) >= 11 is 0.